The van der Waals surface area contributed by atoms with Crippen LogP contribution in [0.5, 0.6) is 0 Å². The first-order valence-electron chi connectivity index (χ1n) is 9.00. The van der Waals surface area contributed by atoms with Crippen LogP contribution >= 0.6 is 0 Å². The molecule has 0 bridgehead atoms. The molecule has 1 aliphatic heterocycles. The molecule has 7 nitrogen and oxygen atoms in total. The number of benzene rings is 2. The molecule has 1 saturated heterocycles. The Morgan fingerprint density at radius 3 is 2.70 bits per heavy atom. The zero-order valence-electron chi connectivity index (χ0n) is 14.8. The summed E-state index contributed by atoms with van der Waals surface area (Å²) in [6, 6.07) is 14.5. The lowest BCUT2D eigenvalue weighted by Crippen LogP contribution is -2.25. The Kier molecular flexibility index (Phi) is 4.50. The maximum absolute atomic E-state index is 12.6. The number of carbonyl (C=O) groups is 1. The lowest BCUT2D eigenvalue weighted by atomic mass is 10.1. The number of aromatic amines is 1. The Morgan fingerprint density at radius 2 is 1.93 bits per heavy atom. The van der Waals surface area contributed by atoms with Crippen molar-refractivity contribution < 1.29 is 9.72 Å². The van der Waals surface area contributed by atoms with Crippen LogP contribution in [0, 0.1) is 10.1 Å². The summed E-state index contributed by atoms with van der Waals surface area (Å²) in [5.74, 6) is -0.281. The highest BCUT2D eigenvalue weighted by molar-refractivity contribution is 6.00. The Morgan fingerprint density at radius 1 is 1.15 bits per heavy atom. The van der Waals surface area contributed by atoms with Gasteiger partial charge >= 0.3 is 0 Å². The molecule has 2 aromatic carbocycles. The molecule has 0 spiro atoms. The predicted octanol–water partition coefficient (Wildman–Crippen LogP) is 3.61. The van der Waals surface area contributed by atoms with E-state index >= 15 is 0 Å². The van der Waals surface area contributed by atoms with Gasteiger partial charge in [-0.3, -0.25) is 14.9 Å². The van der Waals surface area contributed by atoms with Crippen LogP contribution < -0.4 is 10.2 Å². The van der Waals surface area contributed by atoms with E-state index < -0.39 is 4.92 Å². The molecule has 3 aromatic rings. The fraction of sp³-hybridized carbons (Fsp3) is 0.250. The second kappa shape index (κ2) is 7.11. The van der Waals surface area contributed by atoms with Crippen LogP contribution in [-0.2, 0) is 6.54 Å². The Labute approximate surface area is 156 Å². The number of hydrogen-bond acceptors (Lipinski definition) is 4. The highest BCUT2D eigenvalue weighted by Gasteiger charge is 2.18. The largest absolute Gasteiger partial charge is 0.371 e. The molecule has 1 aliphatic rings. The number of rotatable bonds is 5. The summed E-state index contributed by atoms with van der Waals surface area (Å²) in [5, 5.41) is 14.7. The van der Waals surface area contributed by atoms with E-state index in [1.54, 1.807) is 18.2 Å². The van der Waals surface area contributed by atoms with Crippen molar-refractivity contribution in [1.29, 1.82) is 0 Å². The number of nitrogens with zero attached hydrogens (tertiary/aromatic N) is 2. The molecule has 0 unspecified atom stereocenters. The summed E-state index contributed by atoms with van der Waals surface area (Å²) in [6.45, 7) is 2.48. The van der Waals surface area contributed by atoms with Crippen LogP contribution in [0.15, 0.2) is 48.5 Å². The number of non-ortho nitro benzene ring substituents is 1. The molecule has 1 fully saturated rings. The molecular formula is C20H20N4O3. The van der Waals surface area contributed by atoms with Crippen molar-refractivity contribution in [3.63, 3.8) is 0 Å². The van der Waals surface area contributed by atoms with Gasteiger partial charge in [0.15, 0.2) is 0 Å². The number of fused-ring (bicyclic) bond motifs is 1. The van der Waals surface area contributed by atoms with E-state index in [0.717, 1.165) is 24.3 Å². The van der Waals surface area contributed by atoms with Crippen molar-refractivity contribution in [3.05, 3.63) is 69.9 Å². The lowest BCUT2D eigenvalue weighted by Gasteiger charge is -2.21. The standard InChI is InChI=1S/C20H20N4O3/c25-20(16-12-14-7-5-9-18(24(26)27)19(14)22-16)21-13-15-6-1-2-8-17(15)23-10-3-4-11-23/h1-2,5-9,12,22H,3-4,10-11,13H2,(H,21,25). The van der Waals surface area contributed by atoms with Gasteiger partial charge in [-0.15, -0.1) is 0 Å². The Bertz CT molecular complexity index is 1010. The monoisotopic (exact) mass is 364 g/mol. The number of amides is 1. The van der Waals surface area contributed by atoms with Crippen molar-refractivity contribution in [3.8, 4) is 0 Å². The fourth-order valence-corrected chi connectivity index (χ4v) is 3.61. The van der Waals surface area contributed by atoms with Crippen LogP contribution in [0.4, 0.5) is 11.4 Å². The van der Waals surface area contributed by atoms with Gasteiger partial charge in [-0.25, -0.2) is 0 Å². The molecule has 138 valence electrons. The van der Waals surface area contributed by atoms with Gasteiger partial charge in [-0.05, 0) is 30.5 Å². The van der Waals surface area contributed by atoms with Gasteiger partial charge in [0.2, 0.25) is 0 Å². The van der Waals surface area contributed by atoms with Crippen molar-refractivity contribution in [1.82, 2.24) is 10.3 Å². The van der Waals surface area contributed by atoms with Crippen molar-refractivity contribution in [2.45, 2.75) is 19.4 Å². The number of aromatic nitrogens is 1. The summed E-state index contributed by atoms with van der Waals surface area (Å²) < 4.78 is 0. The number of nitrogens with one attached hydrogen (secondary N) is 2. The minimum atomic E-state index is -0.452. The third-order valence-corrected chi connectivity index (χ3v) is 4.95. The minimum absolute atomic E-state index is 0.0362. The first-order valence-corrected chi connectivity index (χ1v) is 9.00. The van der Waals surface area contributed by atoms with E-state index in [2.05, 4.69) is 21.3 Å². The molecule has 0 radical (unpaired) electrons. The van der Waals surface area contributed by atoms with E-state index in [4.69, 9.17) is 0 Å². The number of carbonyl (C=O) groups excluding carboxylic acids is 1. The summed E-state index contributed by atoms with van der Waals surface area (Å²) in [4.78, 5) is 28.5. The predicted molar refractivity (Wildman–Crippen MR) is 104 cm³/mol. The smallest absolute Gasteiger partial charge is 0.293 e. The van der Waals surface area contributed by atoms with E-state index in [0.29, 0.717) is 23.1 Å². The Hall–Kier alpha value is -3.35. The summed E-state index contributed by atoms with van der Waals surface area (Å²) in [6.07, 6.45) is 2.38. The van der Waals surface area contributed by atoms with Gasteiger partial charge < -0.3 is 15.2 Å². The number of para-hydroxylation sites is 2. The summed E-state index contributed by atoms with van der Waals surface area (Å²) in [5.41, 5.74) is 2.87. The SMILES string of the molecule is O=C(NCc1ccccc1N1CCCC1)c1cc2cccc([N+](=O)[O-])c2[nH]1. The first kappa shape index (κ1) is 17.1. The summed E-state index contributed by atoms with van der Waals surface area (Å²) in [7, 11) is 0. The van der Waals surface area contributed by atoms with Gasteiger partial charge in [0, 0.05) is 36.8 Å². The van der Waals surface area contributed by atoms with E-state index in [1.165, 1.54) is 18.9 Å². The molecule has 27 heavy (non-hydrogen) atoms. The zero-order chi connectivity index (χ0) is 18.8. The molecule has 4 rings (SSSR count). The van der Waals surface area contributed by atoms with Gasteiger partial charge in [0.1, 0.15) is 11.2 Å². The highest BCUT2D eigenvalue weighted by atomic mass is 16.6. The van der Waals surface area contributed by atoms with Crippen molar-refractivity contribution in [2.24, 2.45) is 0 Å². The number of hydrogen-bond donors (Lipinski definition) is 2. The number of nitro benzene ring substituents is 1. The highest BCUT2D eigenvalue weighted by Crippen LogP contribution is 2.26. The number of anilines is 1. The quantitative estimate of drug-likeness (QED) is 0.534. The molecule has 1 aromatic heterocycles. The van der Waals surface area contributed by atoms with Crippen LogP contribution in [0.25, 0.3) is 10.9 Å². The molecule has 0 atom stereocenters. The van der Waals surface area contributed by atoms with Gasteiger partial charge in [-0.1, -0.05) is 30.3 Å². The molecule has 0 saturated carbocycles. The van der Waals surface area contributed by atoms with Crippen molar-refractivity contribution in [2.75, 3.05) is 18.0 Å². The van der Waals surface area contributed by atoms with Crippen LogP contribution in [0.2, 0.25) is 0 Å². The average Bonchev–Trinajstić information content (AvgIpc) is 3.35. The third-order valence-electron chi connectivity index (χ3n) is 4.95. The molecule has 1 amide bonds. The molecule has 2 N–H and O–H groups in total. The van der Waals surface area contributed by atoms with Gasteiger partial charge in [0.25, 0.3) is 11.6 Å². The number of nitro groups is 1. The average molecular weight is 364 g/mol. The van der Waals surface area contributed by atoms with E-state index in [-0.39, 0.29) is 11.6 Å². The summed E-state index contributed by atoms with van der Waals surface area (Å²) >= 11 is 0. The van der Waals surface area contributed by atoms with Crippen LogP contribution in [0.1, 0.15) is 28.9 Å². The second-order valence-corrected chi connectivity index (χ2v) is 6.69. The van der Waals surface area contributed by atoms with Gasteiger partial charge in [-0.2, -0.15) is 0 Å². The molecule has 2 heterocycles. The topological polar surface area (TPSA) is 91.3 Å². The van der Waals surface area contributed by atoms with Gasteiger partial charge in [0.05, 0.1) is 4.92 Å². The van der Waals surface area contributed by atoms with Crippen molar-refractivity contribution >= 4 is 28.2 Å². The lowest BCUT2D eigenvalue weighted by molar-refractivity contribution is -0.383. The normalized spacial score (nSPS) is 13.9. The fourth-order valence-electron chi connectivity index (χ4n) is 3.61. The number of H-pyrrole nitrogens is 1. The Balaban J connectivity index is 1.53. The van der Waals surface area contributed by atoms with E-state index in [9.17, 15) is 14.9 Å². The molecule has 0 aliphatic carbocycles. The zero-order valence-corrected chi connectivity index (χ0v) is 14.8. The first-order chi connectivity index (χ1) is 13.1. The molecular weight excluding hydrogens is 344 g/mol. The minimum Gasteiger partial charge on any atom is -0.371 e. The maximum Gasteiger partial charge on any atom is 0.293 e. The van der Waals surface area contributed by atoms with Crippen LogP contribution in [-0.4, -0.2) is 28.9 Å². The molecule has 7 heteroatoms. The second-order valence-electron chi connectivity index (χ2n) is 6.69. The maximum atomic E-state index is 12.6. The van der Waals surface area contributed by atoms with E-state index in [1.807, 2.05) is 18.2 Å². The third kappa shape index (κ3) is 3.36. The van der Waals surface area contributed by atoms with Crippen LogP contribution in [0.3, 0.4) is 0 Å².